The number of aryl methyl sites for hydroxylation is 1. The van der Waals surface area contributed by atoms with Crippen LogP contribution in [0.4, 0.5) is 10.1 Å². The average Bonchev–Trinajstić information content (AvgIpc) is 2.80. The van der Waals surface area contributed by atoms with E-state index in [9.17, 15) is 9.18 Å². The molecule has 0 radical (unpaired) electrons. The molecule has 33 heavy (non-hydrogen) atoms. The molecule has 1 aliphatic rings. The number of nitrogens with one attached hydrogen (secondary N) is 2. The van der Waals surface area contributed by atoms with Gasteiger partial charge in [-0.15, -0.1) is 6.42 Å². The normalized spacial score (nSPS) is 14.0. The Balaban J connectivity index is 1.68. The maximum absolute atomic E-state index is 14.2. The fourth-order valence-corrected chi connectivity index (χ4v) is 3.92. The maximum atomic E-state index is 14.2. The Bertz CT molecular complexity index is 1060. The molecule has 2 N–H and O–H groups in total. The van der Waals surface area contributed by atoms with Crippen LogP contribution in [0.2, 0.25) is 0 Å². The fourth-order valence-electron chi connectivity index (χ4n) is 3.92. The number of amides is 1. The number of carbonyl (C=O) groups is 1. The van der Waals surface area contributed by atoms with Gasteiger partial charge in [0.25, 0.3) is 0 Å². The van der Waals surface area contributed by atoms with Crippen LogP contribution >= 0.6 is 0 Å². The minimum absolute atomic E-state index is 0.0384. The third-order valence-corrected chi connectivity index (χ3v) is 5.90. The summed E-state index contributed by atoms with van der Waals surface area (Å²) >= 11 is 0. The number of morpholine rings is 1. The van der Waals surface area contributed by atoms with E-state index >= 15 is 0 Å². The van der Waals surface area contributed by atoms with E-state index in [0.29, 0.717) is 37.2 Å². The van der Waals surface area contributed by atoms with Crippen LogP contribution < -0.4 is 10.2 Å². The van der Waals surface area contributed by atoms with Gasteiger partial charge in [-0.3, -0.25) is 4.79 Å². The SMILES string of the molecule is C#Cc1cc(CNC(=O)CCc2ccc(C(C)(C)C)cc2N2CCOCC2)cc(F)c1C=N. The molecule has 0 aromatic heterocycles. The fraction of sp³-hybridized carbons (Fsp3) is 0.407. The molecular formula is C27H32FN3O2. The van der Waals surface area contributed by atoms with Gasteiger partial charge in [-0.1, -0.05) is 38.8 Å². The third kappa shape index (κ3) is 6.21. The molecule has 1 aliphatic heterocycles. The van der Waals surface area contributed by atoms with Crippen LogP contribution in [0, 0.1) is 23.6 Å². The van der Waals surface area contributed by atoms with E-state index in [1.807, 2.05) is 0 Å². The van der Waals surface area contributed by atoms with Crippen molar-refractivity contribution in [1.82, 2.24) is 5.32 Å². The summed E-state index contributed by atoms with van der Waals surface area (Å²) in [5, 5.41) is 10.2. The van der Waals surface area contributed by atoms with Gasteiger partial charge in [-0.05, 0) is 46.7 Å². The summed E-state index contributed by atoms with van der Waals surface area (Å²) in [5.74, 6) is 1.73. The Morgan fingerprint density at radius 2 is 2.00 bits per heavy atom. The lowest BCUT2D eigenvalue weighted by Crippen LogP contribution is -2.37. The van der Waals surface area contributed by atoms with Gasteiger partial charge in [0.05, 0.1) is 13.2 Å². The van der Waals surface area contributed by atoms with Crippen molar-refractivity contribution in [2.75, 3.05) is 31.2 Å². The highest BCUT2D eigenvalue weighted by atomic mass is 19.1. The summed E-state index contributed by atoms with van der Waals surface area (Å²) < 4.78 is 19.7. The third-order valence-electron chi connectivity index (χ3n) is 5.90. The molecule has 2 aromatic carbocycles. The van der Waals surface area contributed by atoms with Gasteiger partial charge in [-0.2, -0.15) is 0 Å². The Labute approximate surface area is 195 Å². The lowest BCUT2D eigenvalue weighted by Gasteiger charge is -2.32. The van der Waals surface area contributed by atoms with Gasteiger partial charge in [0, 0.05) is 49.1 Å². The minimum atomic E-state index is -0.557. The van der Waals surface area contributed by atoms with Crippen LogP contribution in [0.5, 0.6) is 0 Å². The van der Waals surface area contributed by atoms with Crippen molar-refractivity contribution in [3.05, 3.63) is 64.0 Å². The quantitative estimate of drug-likeness (QED) is 0.492. The molecule has 0 aliphatic carbocycles. The van der Waals surface area contributed by atoms with E-state index < -0.39 is 5.82 Å². The molecule has 0 atom stereocenters. The van der Waals surface area contributed by atoms with E-state index in [4.69, 9.17) is 16.6 Å². The number of terminal acetylenes is 1. The smallest absolute Gasteiger partial charge is 0.220 e. The molecule has 0 bridgehead atoms. The summed E-state index contributed by atoms with van der Waals surface area (Å²) in [6.45, 7) is 9.84. The van der Waals surface area contributed by atoms with Gasteiger partial charge in [0.1, 0.15) is 5.82 Å². The van der Waals surface area contributed by atoms with Crippen molar-refractivity contribution in [2.45, 2.75) is 45.6 Å². The van der Waals surface area contributed by atoms with Gasteiger partial charge >= 0.3 is 0 Å². The van der Waals surface area contributed by atoms with Crippen molar-refractivity contribution in [2.24, 2.45) is 0 Å². The second kappa shape index (κ2) is 10.6. The van der Waals surface area contributed by atoms with Crippen molar-refractivity contribution in [1.29, 1.82) is 5.41 Å². The largest absolute Gasteiger partial charge is 0.378 e. The van der Waals surface area contributed by atoms with E-state index in [2.05, 4.69) is 55.1 Å². The van der Waals surface area contributed by atoms with Gasteiger partial charge in [0.2, 0.25) is 5.91 Å². The van der Waals surface area contributed by atoms with E-state index in [1.165, 1.54) is 17.3 Å². The zero-order chi connectivity index (χ0) is 24.0. The summed E-state index contributed by atoms with van der Waals surface area (Å²) in [6, 6.07) is 9.46. The standard InChI is InChI=1S/C27H32FN3O2/c1-5-20-14-19(15-24(28)23(20)17-29)18-30-26(32)9-7-21-6-8-22(27(2,3)4)16-25(21)31-10-12-33-13-11-31/h1,6,8,14-17,29H,7,9-13,18H2,2-4H3,(H,30,32). The molecule has 1 saturated heterocycles. The predicted octanol–water partition coefficient (Wildman–Crippen LogP) is 4.19. The lowest BCUT2D eigenvalue weighted by atomic mass is 9.85. The van der Waals surface area contributed by atoms with E-state index in [1.54, 1.807) is 6.07 Å². The summed E-state index contributed by atoms with van der Waals surface area (Å²) in [6.07, 6.45) is 7.27. The number of rotatable bonds is 7. The highest BCUT2D eigenvalue weighted by Gasteiger charge is 2.20. The number of carbonyl (C=O) groups excluding carboxylic acids is 1. The average molecular weight is 450 g/mol. The van der Waals surface area contributed by atoms with E-state index in [-0.39, 0.29) is 23.4 Å². The number of anilines is 1. The van der Waals surface area contributed by atoms with Crippen molar-refractivity contribution in [3.63, 3.8) is 0 Å². The zero-order valence-corrected chi connectivity index (χ0v) is 19.6. The van der Waals surface area contributed by atoms with Crippen molar-refractivity contribution < 1.29 is 13.9 Å². The van der Waals surface area contributed by atoms with Crippen LogP contribution in [0.1, 0.15) is 55.0 Å². The summed E-state index contributed by atoms with van der Waals surface area (Å²) in [7, 11) is 0. The molecule has 1 heterocycles. The number of halogens is 1. The summed E-state index contributed by atoms with van der Waals surface area (Å²) in [4.78, 5) is 14.9. The Kier molecular flexibility index (Phi) is 7.88. The first-order valence-electron chi connectivity index (χ1n) is 11.2. The maximum Gasteiger partial charge on any atom is 0.220 e. The van der Waals surface area contributed by atoms with Crippen molar-refractivity contribution in [3.8, 4) is 12.3 Å². The van der Waals surface area contributed by atoms with Crippen LogP contribution in [0.15, 0.2) is 30.3 Å². The molecule has 0 spiro atoms. The number of hydrogen-bond acceptors (Lipinski definition) is 4. The molecule has 5 nitrogen and oxygen atoms in total. The number of ether oxygens (including phenoxy) is 1. The lowest BCUT2D eigenvalue weighted by molar-refractivity contribution is -0.121. The van der Waals surface area contributed by atoms with Gasteiger partial charge in [-0.25, -0.2) is 4.39 Å². The highest BCUT2D eigenvalue weighted by Crippen LogP contribution is 2.30. The zero-order valence-electron chi connectivity index (χ0n) is 19.6. The second-order valence-electron chi connectivity index (χ2n) is 9.30. The van der Waals surface area contributed by atoms with Crippen LogP contribution in [0.3, 0.4) is 0 Å². The molecule has 6 heteroatoms. The second-order valence-corrected chi connectivity index (χ2v) is 9.30. The Hall–Kier alpha value is -3.17. The Morgan fingerprint density at radius 1 is 1.27 bits per heavy atom. The van der Waals surface area contributed by atoms with Gasteiger partial charge in [0.15, 0.2) is 0 Å². The monoisotopic (exact) mass is 449 g/mol. The first-order valence-corrected chi connectivity index (χ1v) is 11.2. The molecule has 1 fully saturated rings. The number of benzene rings is 2. The van der Waals surface area contributed by atoms with Crippen molar-refractivity contribution >= 4 is 17.8 Å². The van der Waals surface area contributed by atoms with Crippen LogP contribution in [-0.2, 0) is 27.9 Å². The first kappa shape index (κ1) is 24.5. The Morgan fingerprint density at radius 3 is 2.64 bits per heavy atom. The predicted molar refractivity (Wildman–Crippen MR) is 131 cm³/mol. The molecule has 0 saturated carbocycles. The van der Waals surface area contributed by atoms with E-state index in [0.717, 1.165) is 24.9 Å². The molecule has 3 rings (SSSR count). The molecule has 1 amide bonds. The number of hydrogen-bond donors (Lipinski definition) is 2. The molecular weight excluding hydrogens is 417 g/mol. The van der Waals surface area contributed by atoms with Crippen LogP contribution in [0.25, 0.3) is 0 Å². The molecule has 174 valence electrons. The van der Waals surface area contributed by atoms with Crippen LogP contribution in [-0.4, -0.2) is 38.4 Å². The minimum Gasteiger partial charge on any atom is -0.378 e. The van der Waals surface area contributed by atoms with Gasteiger partial charge < -0.3 is 20.4 Å². The first-order chi connectivity index (χ1) is 15.7. The number of nitrogens with zero attached hydrogens (tertiary/aromatic N) is 1. The molecule has 2 aromatic rings. The highest BCUT2D eigenvalue weighted by molar-refractivity contribution is 5.82. The topological polar surface area (TPSA) is 65.4 Å². The molecule has 0 unspecified atom stereocenters. The summed E-state index contributed by atoms with van der Waals surface area (Å²) in [5.41, 5.74) is 4.57.